The van der Waals surface area contributed by atoms with Gasteiger partial charge in [0, 0.05) is 21.5 Å². The smallest absolute Gasteiger partial charge is 0.141 e. The number of fused-ring (bicyclic) bond motifs is 1. The van der Waals surface area contributed by atoms with Crippen LogP contribution < -0.4 is 5.32 Å². The summed E-state index contributed by atoms with van der Waals surface area (Å²) in [4.78, 5) is 2.89. The van der Waals surface area contributed by atoms with E-state index in [1.54, 1.807) is 6.07 Å². The summed E-state index contributed by atoms with van der Waals surface area (Å²) in [6.07, 6.45) is 2.01. The van der Waals surface area contributed by atoms with E-state index in [4.69, 9.17) is 11.6 Å². The van der Waals surface area contributed by atoms with Crippen molar-refractivity contribution in [1.29, 1.82) is 0 Å². The van der Waals surface area contributed by atoms with Crippen molar-refractivity contribution in [2.24, 2.45) is 0 Å². The summed E-state index contributed by atoms with van der Waals surface area (Å²) in [5.74, 6) is 2.00. The number of hydrogen-bond acceptors (Lipinski definition) is 3. The maximum absolute atomic E-state index is 13.2. The van der Waals surface area contributed by atoms with Crippen LogP contribution in [0.15, 0.2) is 24.3 Å². The first-order chi connectivity index (χ1) is 10.2. The minimum absolute atomic E-state index is 0.198. The van der Waals surface area contributed by atoms with Crippen molar-refractivity contribution in [2.75, 3.05) is 12.8 Å². The Balaban J connectivity index is 1.81. The fraction of sp³-hybridized carbons (Fsp3) is 0.375. The molecule has 0 spiro atoms. The van der Waals surface area contributed by atoms with Crippen molar-refractivity contribution < 1.29 is 4.39 Å². The Hall–Kier alpha value is -0.550. The third-order valence-electron chi connectivity index (χ3n) is 3.76. The minimum atomic E-state index is -0.356. The number of aryl methyl sites for hydroxylation is 1. The third kappa shape index (κ3) is 3.45. The van der Waals surface area contributed by atoms with Gasteiger partial charge in [0.05, 0.1) is 5.02 Å². The fourth-order valence-corrected chi connectivity index (χ4v) is 5.28. The molecule has 0 saturated heterocycles. The van der Waals surface area contributed by atoms with Gasteiger partial charge in [-0.3, -0.25) is 0 Å². The van der Waals surface area contributed by atoms with E-state index < -0.39 is 0 Å². The largest absolute Gasteiger partial charge is 0.312 e. The molecule has 1 atom stereocenters. The van der Waals surface area contributed by atoms with E-state index in [9.17, 15) is 4.39 Å². The summed E-state index contributed by atoms with van der Waals surface area (Å²) < 4.78 is 13.2. The number of hydrogen-bond donors (Lipinski definition) is 1. The molecule has 1 aromatic heterocycles. The summed E-state index contributed by atoms with van der Waals surface area (Å²) in [7, 11) is 1.98. The molecular formula is C16H17ClFNS2. The molecule has 5 heteroatoms. The van der Waals surface area contributed by atoms with Gasteiger partial charge in [-0.15, -0.1) is 11.3 Å². The molecule has 0 aliphatic carbocycles. The highest BCUT2D eigenvalue weighted by Crippen LogP contribution is 2.35. The highest BCUT2D eigenvalue weighted by atomic mass is 35.5. The Labute approximate surface area is 137 Å². The molecule has 1 aromatic carbocycles. The predicted molar refractivity (Wildman–Crippen MR) is 91.1 cm³/mol. The van der Waals surface area contributed by atoms with Gasteiger partial charge in [-0.2, -0.15) is 11.8 Å². The lowest BCUT2D eigenvalue weighted by atomic mass is 10.0. The normalized spacial score (nSPS) is 15.8. The van der Waals surface area contributed by atoms with Gasteiger partial charge < -0.3 is 5.32 Å². The second-order valence-corrected chi connectivity index (χ2v) is 7.87. The topological polar surface area (TPSA) is 12.0 Å². The van der Waals surface area contributed by atoms with Crippen LogP contribution in [0.4, 0.5) is 4.39 Å². The molecule has 1 aliphatic heterocycles. The lowest BCUT2D eigenvalue weighted by Gasteiger charge is -2.15. The zero-order chi connectivity index (χ0) is 14.8. The van der Waals surface area contributed by atoms with Gasteiger partial charge >= 0.3 is 0 Å². The Morgan fingerprint density at radius 1 is 1.38 bits per heavy atom. The standard InChI is InChI=1S/C16H17ClFNS2/c1-19-14(7-10-2-3-13(18)12(17)6-10)16-8-11-9-20-5-4-15(11)21-16/h2-3,6,8,14,19H,4-5,7,9H2,1H3. The summed E-state index contributed by atoms with van der Waals surface area (Å²) in [6, 6.07) is 7.57. The van der Waals surface area contributed by atoms with E-state index in [1.165, 1.54) is 33.6 Å². The fourth-order valence-electron chi connectivity index (χ4n) is 2.59. The van der Waals surface area contributed by atoms with Crippen LogP contribution in [0.3, 0.4) is 0 Å². The van der Waals surface area contributed by atoms with Crippen LogP contribution in [-0.4, -0.2) is 12.8 Å². The quantitative estimate of drug-likeness (QED) is 0.854. The maximum Gasteiger partial charge on any atom is 0.141 e. The molecule has 112 valence electrons. The van der Waals surface area contributed by atoms with E-state index in [0.717, 1.165) is 17.7 Å². The van der Waals surface area contributed by atoms with Crippen molar-refractivity contribution in [3.63, 3.8) is 0 Å². The number of halogens is 2. The van der Waals surface area contributed by atoms with Gasteiger partial charge in [-0.05, 0) is 55.0 Å². The van der Waals surface area contributed by atoms with Crippen LogP contribution in [0.25, 0.3) is 0 Å². The van der Waals surface area contributed by atoms with Gasteiger partial charge in [0.15, 0.2) is 0 Å². The van der Waals surface area contributed by atoms with Crippen LogP contribution in [-0.2, 0) is 18.6 Å². The van der Waals surface area contributed by atoms with E-state index >= 15 is 0 Å². The number of thioether (sulfide) groups is 1. The van der Waals surface area contributed by atoms with Crippen LogP contribution >= 0.6 is 34.7 Å². The molecular weight excluding hydrogens is 325 g/mol. The lowest BCUT2D eigenvalue weighted by molar-refractivity contribution is 0.597. The number of rotatable bonds is 4. The average Bonchev–Trinajstić information content (AvgIpc) is 2.92. The van der Waals surface area contributed by atoms with Crippen molar-refractivity contribution in [3.8, 4) is 0 Å². The second-order valence-electron chi connectivity index (χ2n) is 5.19. The highest BCUT2D eigenvalue weighted by Gasteiger charge is 2.19. The maximum atomic E-state index is 13.2. The monoisotopic (exact) mass is 341 g/mol. The molecule has 1 nitrogen and oxygen atoms in total. The van der Waals surface area contributed by atoms with Crippen LogP contribution in [0.5, 0.6) is 0 Å². The molecule has 1 N–H and O–H groups in total. The van der Waals surface area contributed by atoms with Crippen LogP contribution in [0.2, 0.25) is 5.02 Å². The number of likely N-dealkylation sites (N-methyl/N-ethyl adjacent to an activating group) is 1. The molecule has 2 aromatic rings. The van der Waals surface area contributed by atoms with E-state index in [0.29, 0.717) is 0 Å². The Bertz CT molecular complexity index is 618. The SMILES string of the molecule is CNC(Cc1ccc(F)c(Cl)c1)c1cc2c(s1)CCSC2. The van der Waals surface area contributed by atoms with Crippen molar-refractivity contribution >= 4 is 34.7 Å². The first-order valence-electron chi connectivity index (χ1n) is 6.98. The van der Waals surface area contributed by atoms with Gasteiger partial charge in [0.1, 0.15) is 5.82 Å². The molecule has 1 unspecified atom stereocenters. The summed E-state index contributed by atoms with van der Waals surface area (Å²) >= 11 is 9.79. The zero-order valence-corrected chi connectivity index (χ0v) is 14.2. The molecule has 3 rings (SSSR count). The zero-order valence-electron chi connectivity index (χ0n) is 11.8. The minimum Gasteiger partial charge on any atom is -0.312 e. The molecule has 1 aliphatic rings. The molecule has 2 heterocycles. The summed E-state index contributed by atoms with van der Waals surface area (Å²) in [5, 5.41) is 3.58. The number of benzene rings is 1. The number of thiophene rings is 1. The van der Waals surface area contributed by atoms with Gasteiger partial charge in [-0.1, -0.05) is 17.7 Å². The molecule has 0 radical (unpaired) electrons. The second kappa shape index (κ2) is 6.69. The Morgan fingerprint density at radius 3 is 2.95 bits per heavy atom. The van der Waals surface area contributed by atoms with Gasteiger partial charge in [-0.25, -0.2) is 4.39 Å². The van der Waals surface area contributed by atoms with Crippen molar-refractivity contribution in [1.82, 2.24) is 5.32 Å². The first kappa shape index (κ1) is 15.3. The van der Waals surface area contributed by atoms with Crippen LogP contribution in [0, 0.1) is 5.82 Å². The van der Waals surface area contributed by atoms with E-state index in [-0.39, 0.29) is 16.9 Å². The van der Waals surface area contributed by atoms with Crippen LogP contribution in [0.1, 0.15) is 26.9 Å². The first-order valence-corrected chi connectivity index (χ1v) is 9.32. The highest BCUT2D eigenvalue weighted by molar-refractivity contribution is 7.98. The molecule has 0 fully saturated rings. The van der Waals surface area contributed by atoms with Crippen molar-refractivity contribution in [3.05, 3.63) is 56.0 Å². The third-order valence-corrected chi connectivity index (χ3v) is 6.41. The number of nitrogens with one attached hydrogen (secondary N) is 1. The Morgan fingerprint density at radius 2 is 2.24 bits per heavy atom. The molecule has 0 saturated carbocycles. The van der Waals surface area contributed by atoms with Crippen molar-refractivity contribution in [2.45, 2.75) is 24.6 Å². The molecule has 0 bridgehead atoms. The van der Waals surface area contributed by atoms with E-state index in [1.807, 2.05) is 36.2 Å². The van der Waals surface area contributed by atoms with E-state index in [2.05, 4.69) is 11.4 Å². The molecule has 0 amide bonds. The van der Waals surface area contributed by atoms with Gasteiger partial charge in [0.2, 0.25) is 0 Å². The predicted octanol–water partition coefficient (Wildman–Crippen LogP) is 4.83. The average molecular weight is 342 g/mol. The summed E-state index contributed by atoms with van der Waals surface area (Å²) in [5.41, 5.74) is 2.55. The Kier molecular flexibility index (Phi) is 4.89. The lowest BCUT2D eigenvalue weighted by Crippen LogP contribution is -2.17. The molecule has 21 heavy (non-hydrogen) atoms. The summed E-state index contributed by atoms with van der Waals surface area (Å²) in [6.45, 7) is 0. The van der Waals surface area contributed by atoms with Gasteiger partial charge in [0.25, 0.3) is 0 Å².